The van der Waals surface area contributed by atoms with Gasteiger partial charge in [-0.3, -0.25) is 5.10 Å². The first-order valence-electron chi connectivity index (χ1n) is 9.84. The van der Waals surface area contributed by atoms with Crippen molar-refractivity contribution in [3.05, 3.63) is 17.8 Å². The van der Waals surface area contributed by atoms with Gasteiger partial charge in [-0.1, -0.05) is 0 Å². The predicted molar refractivity (Wildman–Crippen MR) is 106 cm³/mol. The van der Waals surface area contributed by atoms with Crippen LogP contribution >= 0.6 is 0 Å². The van der Waals surface area contributed by atoms with Crippen LogP contribution in [0.2, 0.25) is 0 Å². The average Bonchev–Trinajstić information content (AvgIpc) is 3.16. The quantitative estimate of drug-likeness (QED) is 0.539. The van der Waals surface area contributed by atoms with Crippen molar-refractivity contribution in [2.45, 2.75) is 50.9 Å². The summed E-state index contributed by atoms with van der Waals surface area (Å²) in [6.07, 6.45) is -4.68. The fraction of sp³-hybridized carbons (Fsp3) is 0.526. The summed E-state index contributed by atoms with van der Waals surface area (Å²) in [7, 11) is 1.48. The summed E-state index contributed by atoms with van der Waals surface area (Å²) in [5, 5.41) is 22.3. The van der Waals surface area contributed by atoms with Crippen LogP contribution in [-0.2, 0) is 9.53 Å². The van der Waals surface area contributed by atoms with Crippen LogP contribution < -0.4 is 15.4 Å². The zero-order chi connectivity index (χ0) is 23.3. The third-order valence-corrected chi connectivity index (χ3v) is 5.00. The van der Waals surface area contributed by atoms with E-state index in [-0.39, 0.29) is 6.04 Å². The van der Waals surface area contributed by atoms with Crippen LogP contribution in [0.1, 0.15) is 31.4 Å². The highest BCUT2D eigenvalue weighted by atomic mass is 19.4. The first-order valence-corrected chi connectivity index (χ1v) is 9.84. The van der Waals surface area contributed by atoms with E-state index in [4.69, 9.17) is 10.00 Å². The van der Waals surface area contributed by atoms with E-state index in [1.165, 1.54) is 7.11 Å². The van der Waals surface area contributed by atoms with Crippen molar-refractivity contribution < 1.29 is 27.4 Å². The normalized spacial score (nSPS) is 19.5. The molecule has 3 rings (SSSR count). The molecule has 13 heteroatoms. The Kier molecular flexibility index (Phi) is 7.01. The number of nitrogens with one attached hydrogen (secondary N) is 3. The van der Waals surface area contributed by atoms with Crippen LogP contribution in [0.15, 0.2) is 12.1 Å². The molecule has 1 unspecified atom stereocenters. The number of anilines is 3. The third kappa shape index (κ3) is 5.99. The molecule has 2 aromatic heterocycles. The summed E-state index contributed by atoms with van der Waals surface area (Å²) in [5.41, 5.74) is 0.875. The molecule has 0 aliphatic heterocycles. The van der Waals surface area contributed by atoms with Crippen molar-refractivity contribution in [2.24, 2.45) is 5.92 Å². The minimum absolute atomic E-state index is 0.0727. The molecule has 1 fully saturated rings. The van der Waals surface area contributed by atoms with Gasteiger partial charge in [-0.15, -0.1) is 0 Å². The summed E-state index contributed by atoms with van der Waals surface area (Å²) in [6.45, 7) is 1.86. The van der Waals surface area contributed by atoms with E-state index in [1.54, 1.807) is 18.2 Å². The molecule has 0 amide bonds. The number of carbonyl (C=O) groups is 1. The van der Waals surface area contributed by atoms with Crippen molar-refractivity contribution in [1.82, 2.24) is 20.2 Å². The van der Waals surface area contributed by atoms with Crippen molar-refractivity contribution in [3.63, 3.8) is 0 Å². The average molecular weight is 453 g/mol. The van der Waals surface area contributed by atoms with E-state index in [9.17, 15) is 18.0 Å². The SMILES string of the molecule is COc1cc(Nc2cc(C)[nH]n2)nc(NC2CCC(C(C#N)OC(=O)C(F)(F)F)CC2)n1. The standard InChI is InChI=1S/C19H22F3N7O3/c1-10-7-15(29-28-10)25-14-8-16(31-2)27-18(26-14)24-12-5-3-11(4-6-12)13(9-23)32-17(30)19(20,21)22/h7-8,11-13H,3-6H2,1-2H3,(H3,24,25,26,27,28,29). The molecule has 1 aliphatic carbocycles. The lowest BCUT2D eigenvalue weighted by atomic mass is 9.83. The highest BCUT2D eigenvalue weighted by Gasteiger charge is 2.43. The molecule has 3 N–H and O–H groups in total. The minimum atomic E-state index is -5.13. The van der Waals surface area contributed by atoms with Gasteiger partial charge in [0.05, 0.1) is 7.11 Å². The Morgan fingerprint density at radius 2 is 1.97 bits per heavy atom. The highest BCUT2D eigenvalue weighted by molar-refractivity contribution is 5.76. The minimum Gasteiger partial charge on any atom is -0.481 e. The summed E-state index contributed by atoms with van der Waals surface area (Å²) in [4.78, 5) is 19.7. The number of rotatable bonds is 7. The Bertz CT molecular complexity index is 981. The van der Waals surface area contributed by atoms with Crippen molar-refractivity contribution in [1.29, 1.82) is 5.26 Å². The van der Waals surface area contributed by atoms with E-state index in [0.29, 0.717) is 49.1 Å². The van der Waals surface area contributed by atoms with E-state index in [0.717, 1.165) is 5.69 Å². The number of H-pyrrole nitrogens is 1. The molecule has 10 nitrogen and oxygen atoms in total. The van der Waals surface area contributed by atoms with E-state index in [1.807, 2.05) is 6.92 Å². The molecule has 172 valence electrons. The van der Waals surface area contributed by atoms with Gasteiger partial charge < -0.3 is 20.1 Å². The Hall–Kier alpha value is -3.56. The van der Waals surface area contributed by atoms with Gasteiger partial charge in [-0.2, -0.15) is 33.5 Å². The monoisotopic (exact) mass is 453 g/mol. The predicted octanol–water partition coefficient (Wildman–Crippen LogP) is 3.23. The summed E-state index contributed by atoms with van der Waals surface area (Å²) in [6, 6.07) is 5.01. The Labute approximate surface area is 181 Å². The molecular formula is C19H22F3N7O3. The number of aromatic amines is 1. The van der Waals surface area contributed by atoms with Crippen LogP contribution in [-0.4, -0.2) is 51.6 Å². The number of aryl methyl sites for hydroxylation is 1. The maximum absolute atomic E-state index is 12.4. The molecule has 0 radical (unpaired) electrons. The summed E-state index contributed by atoms with van der Waals surface area (Å²) < 4.78 is 46.8. The number of nitriles is 1. The number of halogens is 3. The van der Waals surface area contributed by atoms with Gasteiger partial charge in [0.1, 0.15) is 11.9 Å². The molecule has 0 saturated heterocycles. The fourth-order valence-electron chi connectivity index (χ4n) is 3.43. The van der Waals surface area contributed by atoms with Crippen LogP contribution in [0, 0.1) is 24.2 Å². The number of carbonyl (C=O) groups excluding carboxylic acids is 1. The molecule has 0 bridgehead atoms. The summed E-state index contributed by atoms with van der Waals surface area (Å²) in [5.74, 6) is -1.15. The van der Waals surface area contributed by atoms with Crippen LogP contribution in [0.5, 0.6) is 5.88 Å². The van der Waals surface area contributed by atoms with Gasteiger partial charge in [-0.05, 0) is 32.6 Å². The number of nitrogens with zero attached hydrogens (tertiary/aromatic N) is 4. The van der Waals surface area contributed by atoms with E-state index in [2.05, 4.69) is 35.5 Å². The van der Waals surface area contributed by atoms with Gasteiger partial charge in [-0.25, -0.2) is 4.79 Å². The number of hydrogen-bond donors (Lipinski definition) is 3. The number of esters is 1. The van der Waals surface area contributed by atoms with Crippen molar-refractivity contribution in [2.75, 3.05) is 17.7 Å². The van der Waals surface area contributed by atoms with Gasteiger partial charge in [0.25, 0.3) is 0 Å². The summed E-state index contributed by atoms with van der Waals surface area (Å²) >= 11 is 0. The van der Waals surface area contributed by atoms with Crippen molar-refractivity contribution >= 4 is 23.6 Å². The number of hydrogen-bond acceptors (Lipinski definition) is 9. The zero-order valence-corrected chi connectivity index (χ0v) is 17.4. The molecule has 1 saturated carbocycles. The van der Waals surface area contributed by atoms with Gasteiger partial charge in [0.15, 0.2) is 11.9 Å². The zero-order valence-electron chi connectivity index (χ0n) is 17.4. The molecule has 1 aliphatic rings. The maximum atomic E-state index is 12.4. The van der Waals surface area contributed by atoms with Crippen molar-refractivity contribution in [3.8, 4) is 11.9 Å². The molecule has 0 spiro atoms. The number of alkyl halides is 3. The Morgan fingerprint density at radius 3 is 2.53 bits per heavy atom. The number of aromatic nitrogens is 4. The molecule has 0 aromatic carbocycles. The topological polar surface area (TPSA) is 138 Å². The lowest BCUT2D eigenvalue weighted by molar-refractivity contribution is -0.204. The Balaban J connectivity index is 1.60. The lowest BCUT2D eigenvalue weighted by Crippen LogP contribution is -2.36. The van der Waals surface area contributed by atoms with E-state index < -0.39 is 24.2 Å². The highest BCUT2D eigenvalue weighted by Crippen LogP contribution is 2.31. The first-order chi connectivity index (χ1) is 15.2. The molecule has 2 aromatic rings. The second-order valence-corrected chi connectivity index (χ2v) is 7.39. The van der Waals surface area contributed by atoms with Gasteiger partial charge >= 0.3 is 12.1 Å². The molecule has 1 atom stereocenters. The molecule has 32 heavy (non-hydrogen) atoms. The fourth-order valence-corrected chi connectivity index (χ4v) is 3.43. The molecular weight excluding hydrogens is 431 g/mol. The third-order valence-electron chi connectivity index (χ3n) is 5.00. The Morgan fingerprint density at radius 1 is 1.25 bits per heavy atom. The van der Waals surface area contributed by atoms with Gasteiger partial charge in [0.2, 0.25) is 11.8 Å². The first kappa shape index (κ1) is 23.1. The van der Waals surface area contributed by atoms with Gasteiger partial charge in [0, 0.05) is 29.8 Å². The second kappa shape index (κ2) is 9.71. The lowest BCUT2D eigenvalue weighted by Gasteiger charge is -2.31. The van der Waals surface area contributed by atoms with Crippen LogP contribution in [0.25, 0.3) is 0 Å². The smallest absolute Gasteiger partial charge is 0.481 e. The number of ether oxygens (including phenoxy) is 2. The number of methoxy groups -OCH3 is 1. The molecule has 2 heterocycles. The van der Waals surface area contributed by atoms with Crippen LogP contribution in [0.4, 0.5) is 30.8 Å². The largest absolute Gasteiger partial charge is 0.490 e. The maximum Gasteiger partial charge on any atom is 0.490 e. The van der Waals surface area contributed by atoms with E-state index >= 15 is 0 Å². The van der Waals surface area contributed by atoms with Crippen LogP contribution in [0.3, 0.4) is 0 Å². The second-order valence-electron chi connectivity index (χ2n) is 7.39.